The van der Waals surface area contributed by atoms with Crippen molar-refractivity contribution in [3.63, 3.8) is 0 Å². The molecule has 0 radical (unpaired) electrons. The van der Waals surface area contributed by atoms with Gasteiger partial charge in [-0.3, -0.25) is 4.79 Å². The van der Waals surface area contributed by atoms with Gasteiger partial charge in [0.1, 0.15) is 0 Å². The third-order valence-corrected chi connectivity index (χ3v) is 2.53. The third-order valence-electron chi connectivity index (χ3n) is 2.53. The highest BCUT2D eigenvalue weighted by molar-refractivity contribution is 5.76. The van der Waals surface area contributed by atoms with Crippen LogP contribution in [0.2, 0.25) is 0 Å². The zero-order valence-corrected chi connectivity index (χ0v) is 9.94. The Balaban J connectivity index is 3.27. The van der Waals surface area contributed by atoms with E-state index in [2.05, 4.69) is 26.1 Å². The summed E-state index contributed by atoms with van der Waals surface area (Å²) < 4.78 is 0. The molecule has 0 aromatic carbocycles. The Kier molecular flexibility index (Phi) is 8.70. The van der Waals surface area contributed by atoms with Crippen LogP contribution in [0.1, 0.15) is 65.7 Å². The summed E-state index contributed by atoms with van der Waals surface area (Å²) in [7, 11) is 0. The monoisotopic (exact) mass is 199 g/mol. The molecule has 0 bridgehead atoms. The molecule has 0 heterocycles. The molecule has 0 aliphatic carbocycles. The molecular weight excluding hydrogens is 174 g/mol. The van der Waals surface area contributed by atoms with E-state index in [9.17, 15) is 4.79 Å². The maximum Gasteiger partial charge on any atom is 0.220 e. The van der Waals surface area contributed by atoms with E-state index in [0.29, 0.717) is 12.5 Å². The van der Waals surface area contributed by atoms with Gasteiger partial charge in [0.15, 0.2) is 0 Å². The zero-order valence-electron chi connectivity index (χ0n) is 9.94. The van der Waals surface area contributed by atoms with Gasteiger partial charge in [-0.25, -0.2) is 0 Å². The minimum Gasteiger partial charge on any atom is -0.354 e. The van der Waals surface area contributed by atoms with Crippen LogP contribution in [0.3, 0.4) is 0 Å². The maximum atomic E-state index is 11.3. The molecule has 0 aliphatic heterocycles. The Labute approximate surface area is 88.5 Å². The largest absolute Gasteiger partial charge is 0.354 e. The average molecular weight is 199 g/mol. The summed E-state index contributed by atoms with van der Waals surface area (Å²) in [5.41, 5.74) is 0. The molecule has 1 N–H and O–H groups in total. The van der Waals surface area contributed by atoms with Crippen molar-refractivity contribution in [3.05, 3.63) is 0 Å². The van der Waals surface area contributed by atoms with Crippen LogP contribution < -0.4 is 5.32 Å². The lowest BCUT2D eigenvalue weighted by Crippen LogP contribution is -2.31. The summed E-state index contributed by atoms with van der Waals surface area (Å²) in [4.78, 5) is 11.3. The van der Waals surface area contributed by atoms with Crippen molar-refractivity contribution in [2.45, 2.75) is 71.8 Å². The van der Waals surface area contributed by atoms with Crippen molar-refractivity contribution in [2.75, 3.05) is 0 Å². The van der Waals surface area contributed by atoms with Crippen LogP contribution >= 0.6 is 0 Å². The highest BCUT2D eigenvalue weighted by atomic mass is 16.1. The van der Waals surface area contributed by atoms with Crippen LogP contribution in [-0.4, -0.2) is 11.9 Å². The minimum absolute atomic E-state index is 0.218. The van der Waals surface area contributed by atoms with Crippen LogP contribution in [-0.2, 0) is 4.79 Å². The first-order valence-corrected chi connectivity index (χ1v) is 6.00. The van der Waals surface area contributed by atoms with Crippen molar-refractivity contribution < 1.29 is 4.79 Å². The molecule has 1 unspecified atom stereocenters. The number of hydrogen-bond acceptors (Lipinski definition) is 1. The summed E-state index contributed by atoms with van der Waals surface area (Å²) in [6, 6.07) is 0.332. The summed E-state index contributed by atoms with van der Waals surface area (Å²) in [6.07, 6.45) is 7.79. The number of carbonyl (C=O) groups excluding carboxylic acids is 1. The van der Waals surface area contributed by atoms with Gasteiger partial charge in [-0.2, -0.15) is 0 Å². The first-order chi connectivity index (χ1) is 6.70. The number of rotatable bonds is 8. The van der Waals surface area contributed by atoms with Gasteiger partial charge in [0, 0.05) is 12.5 Å². The van der Waals surface area contributed by atoms with Gasteiger partial charge < -0.3 is 5.32 Å². The number of amides is 1. The molecule has 1 atom stereocenters. The Morgan fingerprint density at radius 2 is 1.79 bits per heavy atom. The van der Waals surface area contributed by atoms with Crippen LogP contribution in [0.15, 0.2) is 0 Å². The molecule has 0 rings (SSSR count). The summed E-state index contributed by atoms with van der Waals surface area (Å²) in [5, 5.41) is 2.98. The summed E-state index contributed by atoms with van der Waals surface area (Å²) in [5.74, 6) is 0.218. The van der Waals surface area contributed by atoms with Gasteiger partial charge in [-0.1, -0.05) is 39.5 Å². The van der Waals surface area contributed by atoms with Crippen LogP contribution in [0, 0.1) is 0 Å². The zero-order chi connectivity index (χ0) is 10.8. The smallest absolute Gasteiger partial charge is 0.220 e. The van der Waals surface area contributed by atoms with E-state index < -0.39 is 0 Å². The maximum absolute atomic E-state index is 11.3. The third kappa shape index (κ3) is 8.09. The Bertz CT molecular complexity index is 145. The van der Waals surface area contributed by atoms with Crippen molar-refractivity contribution in [1.29, 1.82) is 0 Å². The minimum atomic E-state index is 0.218. The van der Waals surface area contributed by atoms with E-state index in [0.717, 1.165) is 12.8 Å². The van der Waals surface area contributed by atoms with Crippen molar-refractivity contribution in [1.82, 2.24) is 5.32 Å². The SMILES string of the molecule is CCCCCCCC(=O)NC(C)CC. The summed E-state index contributed by atoms with van der Waals surface area (Å²) in [6.45, 7) is 6.34. The quantitative estimate of drug-likeness (QED) is 0.597. The lowest BCUT2D eigenvalue weighted by atomic mass is 10.1. The Morgan fingerprint density at radius 3 is 2.36 bits per heavy atom. The molecule has 84 valence electrons. The fourth-order valence-corrected chi connectivity index (χ4v) is 1.34. The van der Waals surface area contributed by atoms with Gasteiger partial charge in [0.05, 0.1) is 0 Å². The van der Waals surface area contributed by atoms with Gasteiger partial charge in [-0.15, -0.1) is 0 Å². The lowest BCUT2D eigenvalue weighted by molar-refractivity contribution is -0.121. The van der Waals surface area contributed by atoms with Gasteiger partial charge >= 0.3 is 0 Å². The highest BCUT2D eigenvalue weighted by Crippen LogP contribution is 2.04. The van der Waals surface area contributed by atoms with Gasteiger partial charge in [-0.05, 0) is 19.8 Å². The fraction of sp³-hybridized carbons (Fsp3) is 0.917. The normalized spacial score (nSPS) is 12.5. The first kappa shape index (κ1) is 13.5. The molecule has 0 aromatic rings. The molecule has 0 saturated heterocycles. The second-order valence-electron chi connectivity index (χ2n) is 4.04. The molecular formula is C12H25NO. The number of unbranched alkanes of at least 4 members (excludes halogenated alkanes) is 4. The molecule has 0 aliphatic rings. The second-order valence-corrected chi connectivity index (χ2v) is 4.04. The molecule has 0 aromatic heterocycles. The molecule has 0 spiro atoms. The van der Waals surface area contributed by atoms with Crippen LogP contribution in [0.5, 0.6) is 0 Å². The predicted octanol–water partition coefficient (Wildman–Crippen LogP) is 3.26. The fourth-order valence-electron chi connectivity index (χ4n) is 1.34. The van der Waals surface area contributed by atoms with Gasteiger partial charge in [0.2, 0.25) is 5.91 Å². The van der Waals surface area contributed by atoms with Crippen LogP contribution in [0.4, 0.5) is 0 Å². The van der Waals surface area contributed by atoms with E-state index in [-0.39, 0.29) is 5.91 Å². The van der Waals surface area contributed by atoms with E-state index in [1.54, 1.807) is 0 Å². The first-order valence-electron chi connectivity index (χ1n) is 6.00. The van der Waals surface area contributed by atoms with Crippen molar-refractivity contribution >= 4 is 5.91 Å². The van der Waals surface area contributed by atoms with E-state index >= 15 is 0 Å². The predicted molar refractivity (Wildman–Crippen MR) is 61.3 cm³/mol. The topological polar surface area (TPSA) is 29.1 Å². The average Bonchev–Trinajstić information content (AvgIpc) is 2.17. The lowest BCUT2D eigenvalue weighted by Gasteiger charge is -2.10. The van der Waals surface area contributed by atoms with Crippen molar-refractivity contribution in [2.24, 2.45) is 0 Å². The van der Waals surface area contributed by atoms with Crippen molar-refractivity contribution in [3.8, 4) is 0 Å². The van der Waals surface area contributed by atoms with E-state index in [1.165, 1.54) is 25.7 Å². The second kappa shape index (κ2) is 9.04. The molecule has 2 heteroatoms. The molecule has 14 heavy (non-hydrogen) atoms. The van der Waals surface area contributed by atoms with E-state index in [4.69, 9.17) is 0 Å². The summed E-state index contributed by atoms with van der Waals surface area (Å²) >= 11 is 0. The van der Waals surface area contributed by atoms with E-state index in [1.807, 2.05) is 0 Å². The molecule has 0 fully saturated rings. The number of hydrogen-bond donors (Lipinski definition) is 1. The molecule has 0 saturated carbocycles. The molecule has 2 nitrogen and oxygen atoms in total. The number of nitrogens with one attached hydrogen (secondary N) is 1. The Hall–Kier alpha value is -0.530. The number of carbonyl (C=O) groups is 1. The molecule has 1 amide bonds. The highest BCUT2D eigenvalue weighted by Gasteiger charge is 2.04. The van der Waals surface area contributed by atoms with Crippen LogP contribution in [0.25, 0.3) is 0 Å². The Morgan fingerprint density at radius 1 is 1.14 bits per heavy atom. The van der Waals surface area contributed by atoms with Gasteiger partial charge in [0.25, 0.3) is 0 Å². The standard InChI is InChI=1S/C12H25NO/c1-4-6-7-8-9-10-12(14)13-11(3)5-2/h11H,4-10H2,1-3H3,(H,13,14).